The van der Waals surface area contributed by atoms with Gasteiger partial charge in [-0.1, -0.05) is 0 Å². The van der Waals surface area contributed by atoms with Crippen LogP contribution in [0.1, 0.15) is 41.6 Å². The van der Waals surface area contributed by atoms with Gasteiger partial charge < -0.3 is 20.4 Å². The highest BCUT2D eigenvalue weighted by molar-refractivity contribution is 6.27. The summed E-state index contributed by atoms with van der Waals surface area (Å²) in [6, 6.07) is 3.54. The van der Waals surface area contributed by atoms with E-state index in [4.69, 9.17) is 0 Å². The molecule has 7 nitrogen and oxygen atoms in total. The highest BCUT2D eigenvalue weighted by Gasteiger charge is 2.38. The van der Waals surface area contributed by atoms with E-state index in [1.54, 1.807) is 4.90 Å². The number of rotatable bonds is 4. The van der Waals surface area contributed by atoms with Gasteiger partial charge >= 0.3 is 0 Å². The fraction of sp³-hybridized carbons (Fsp3) is 0.571. The van der Waals surface area contributed by atoms with Crippen molar-refractivity contribution < 1.29 is 18.8 Å². The van der Waals surface area contributed by atoms with E-state index in [9.17, 15) is 18.8 Å². The molecule has 0 spiro atoms. The molecule has 4 aliphatic rings. The molecule has 0 radical (unpaired) electrons. The molecule has 4 aliphatic heterocycles. The van der Waals surface area contributed by atoms with Gasteiger partial charge in [0.25, 0.3) is 5.91 Å². The van der Waals surface area contributed by atoms with Gasteiger partial charge in [0.05, 0.1) is 11.7 Å². The number of Topliss-reactive ketones (excluding diaryl/α,β-unsaturated/α-hetero) is 1. The molecule has 0 aliphatic carbocycles. The second-order valence-corrected chi connectivity index (χ2v) is 8.65. The maximum absolute atomic E-state index is 14.9. The maximum Gasteiger partial charge on any atom is 0.254 e. The number of hydrogen-bond donors (Lipinski definition) is 2. The quantitative estimate of drug-likeness (QED) is 0.569. The first kappa shape index (κ1) is 18.7. The smallest absolute Gasteiger partial charge is 0.254 e. The molecule has 0 saturated carbocycles. The standard InChI is InChI=1S/C21H25FN4O3/c22-17-6-16-12(5-19(17)25-9-13-1-2-14(10-25)24-13)8-26(21(16)29)15-3-4-18(23-7-15)20(28)11-27/h5-6,11,13-15,18,23-24H,1-4,7-10H2. The largest absolute Gasteiger partial charge is 0.366 e. The van der Waals surface area contributed by atoms with Gasteiger partial charge in [-0.25, -0.2) is 4.39 Å². The van der Waals surface area contributed by atoms with Crippen LogP contribution < -0.4 is 15.5 Å². The predicted molar refractivity (Wildman–Crippen MR) is 104 cm³/mol. The summed E-state index contributed by atoms with van der Waals surface area (Å²) in [7, 11) is 0. The normalized spacial score (nSPS) is 31.1. The van der Waals surface area contributed by atoms with E-state index in [0.29, 0.717) is 55.6 Å². The molecule has 154 valence electrons. The van der Waals surface area contributed by atoms with Crippen molar-refractivity contribution >= 4 is 23.7 Å². The predicted octanol–water partition coefficient (Wildman–Crippen LogP) is 0.611. The van der Waals surface area contributed by atoms with Crippen LogP contribution in [-0.2, 0) is 16.1 Å². The topological polar surface area (TPSA) is 81.8 Å². The zero-order valence-electron chi connectivity index (χ0n) is 16.2. The number of carbonyl (C=O) groups excluding carboxylic acids is 3. The third-order valence-corrected chi connectivity index (χ3v) is 6.85. The number of amides is 1. The Morgan fingerprint density at radius 2 is 1.90 bits per heavy atom. The molecule has 3 saturated heterocycles. The minimum Gasteiger partial charge on any atom is -0.366 e. The Morgan fingerprint density at radius 3 is 2.55 bits per heavy atom. The molecule has 5 rings (SSSR count). The number of anilines is 1. The molecule has 2 bridgehead atoms. The van der Waals surface area contributed by atoms with E-state index in [-0.39, 0.29) is 17.8 Å². The summed E-state index contributed by atoms with van der Waals surface area (Å²) in [5.41, 5.74) is 1.90. The summed E-state index contributed by atoms with van der Waals surface area (Å²) in [5.74, 6) is -0.937. The number of benzene rings is 1. The van der Waals surface area contributed by atoms with Crippen LogP contribution in [-0.4, -0.2) is 66.7 Å². The number of nitrogens with zero attached hydrogens (tertiary/aromatic N) is 2. The van der Waals surface area contributed by atoms with Gasteiger partial charge in [0.1, 0.15) is 5.82 Å². The average Bonchev–Trinajstić information content (AvgIpc) is 3.25. The van der Waals surface area contributed by atoms with Crippen molar-refractivity contribution in [2.75, 3.05) is 24.5 Å². The third-order valence-electron chi connectivity index (χ3n) is 6.85. The van der Waals surface area contributed by atoms with Gasteiger partial charge in [0.2, 0.25) is 5.78 Å². The van der Waals surface area contributed by atoms with Gasteiger partial charge in [-0.2, -0.15) is 0 Å². The number of halogens is 1. The number of ketones is 1. The zero-order valence-corrected chi connectivity index (χ0v) is 16.2. The summed E-state index contributed by atoms with van der Waals surface area (Å²) >= 11 is 0. The summed E-state index contributed by atoms with van der Waals surface area (Å²) in [6.07, 6.45) is 3.77. The number of carbonyl (C=O) groups is 3. The number of piperidine rings is 1. The van der Waals surface area contributed by atoms with Crippen LogP contribution >= 0.6 is 0 Å². The van der Waals surface area contributed by atoms with Crippen molar-refractivity contribution in [1.29, 1.82) is 0 Å². The lowest BCUT2D eigenvalue weighted by molar-refractivity contribution is -0.131. The van der Waals surface area contributed by atoms with Crippen LogP contribution in [0.2, 0.25) is 0 Å². The van der Waals surface area contributed by atoms with Crippen LogP contribution in [0.5, 0.6) is 0 Å². The average molecular weight is 400 g/mol. The molecule has 1 aromatic rings. The molecule has 2 N–H and O–H groups in total. The highest BCUT2D eigenvalue weighted by Crippen LogP contribution is 2.34. The van der Waals surface area contributed by atoms with Crippen LogP contribution in [0.25, 0.3) is 0 Å². The Bertz CT molecular complexity index is 856. The molecule has 3 fully saturated rings. The van der Waals surface area contributed by atoms with E-state index >= 15 is 0 Å². The molecule has 1 amide bonds. The fourth-order valence-corrected chi connectivity index (χ4v) is 5.31. The second kappa shape index (κ2) is 7.18. The van der Waals surface area contributed by atoms with E-state index in [2.05, 4.69) is 15.5 Å². The first-order chi connectivity index (χ1) is 14.0. The second-order valence-electron chi connectivity index (χ2n) is 8.65. The van der Waals surface area contributed by atoms with Gasteiger partial charge in [-0.15, -0.1) is 0 Å². The molecular formula is C21H25FN4O3. The number of aldehydes is 1. The van der Waals surface area contributed by atoms with Crippen molar-refractivity contribution in [3.05, 3.63) is 29.1 Å². The Kier molecular flexibility index (Phi) is 4.63. The summed E-state index contributed by atoms with van der Waals surface area (Å²) in [6.45, 7) is 2.50. The lowest BCUT2D eigenvalue weighted by atomic mass is 9.97. The van der Waals surface area contributed by atoms with Gasteiger partial charge in [-0.3, -0.25) is 14.4 Å². The molecule has 29 heavy (non-hydrogen) atoms. The minimum atomic E-state index is -0.462. The zero-order chi connectivity index (χ0) is 20.1. The molecule has 1 aromatic carbocycles. The van der Waals surface area contributed by atoms with Crippen molar-refractivity contribution in [1.82, 2.24) is 15.5 Å². The first-order valence-corrected chi connectivity index (χ1v) is 10.4. The SMILES string of the molecule is O=CC(=O)C1CCC(N2Cc3cc(N4CC5CCC(C4)N5)c(F)cc3C2=O)CN1. The van der Waals surface area contributed by atoms with E-state index in [0.717, 1.165) is 31.5 Å². The minimum absolute atomic E-state index is 0.0628. The monoisotopic (exact) mass is 400 g/mol. The van der Waals surface area contributed by atoms with Gasteiger partial charge in [-0.05, 0) is 43.4 Å². The van der Waals surface area contributed by atoms with E-state index in [1.807, 2.05) is 6.07 Å². The van der Waals surface area contributed by atoms with Crippen molar-refractivity contribution in [2.45, 2.75) is 56.4 Å². The molecule has 4 atom stereocenters. The highest BCUT2D eigenvalue weighted by atomic mass is 19.1. The molecule has 8 heteroatoms. The van der Waals surface area contributed by atoms with Gasteiger partial charge in [0, 0.05) is 49.9 Å². The first-order valence-electron chi connectivity index (χ1n) is 10.4. The summed E-state index contributed by atoms with van der Waals surface area (Å²) < 4.78 is 14.9. The number of nitrogens with one attached hydrogen (secondary N) is 2. The third kappa shape index (κ3) is 3.24. The van der Waals surface area contributed by atoms with Crippen molar-refractivity contribution in [2.24, 2.45) is 0 Å². The Balaban J connectivity index is 1.32. The van der Waals surface area contributed by atoms with E-state index < -0.39 is 11.8 Å². The Morgan fingerprint density at radius 1 is 1.14 bits per heavy atom. The Labute approximate surface area is 168 Å². The lowest BCUT2D eigenvalue weighted by Gasteiger charge is -2.35. The molecule has 4 heterocycles. The van der Waals surface area contributed by atoms with Gasteiger partial charge in [0.15, 0.2) is 6.29 Å². The number of piperazine rings is 1. The molecule has 0 aromatic heterocycles. The van der Waals surface area contributed by atoms with E-state index in [1.165, 1.54) is 6.07 Å². The summed E-state index contributed by atoms with van der Waals surface area (Å²) in [5, 5.41) is 6.63. The van der Waals surface area contributed by atoms with Crippen molar-refractivity contribution in [3.63, 3.8) is 0 Å². The Hall–Kier alpha value is -2.32. The number of fused-ring (bicyclic) bond motifs is 3. The summed E-state index contributed by atoms with van der Waals surface area (Å²) in [4.78, 5) is 39.0. The molecule has 4 unspecified atom stereocenters. The fourth-order valence-electron chi connectivity index (χ4n) is 5.31. The van der Waals surface area contributed by atoms with Crippen LogP contribution in [0.3, 0.4) is 0 Å². The van der Waals surface area contributed by atoms with Crippen LogP contribution in [0, 0.1) is 5.82 Å². The van der Waals surface area contributed by atoms with Crippen LogP contribution in [0.15, 0.2) is 12.1 Å². The van der Waals surface area contributed by atoms with Crippen molar-refractivity contribution in [3.8, 4) is 0 Å². The molecular weight excluding hydrogens is 375 g/mol. The lowest BCUT2D eigenvalue weighted by Crippen LogP contribution is -2.52. The van der Waals surface area contributed by atoms with Crippen LogP contribution in [0.4, 0.5) is 10.1 Å². The number of hydrogen-bond acceptors (Lipinski definition) is 6. The maximum atomic E-state index is 14.9.